The van der Waals surface area contributed by atoms with E-state index in [1.165, 1.54) is 6.33 Å². The Balaban J connectivity index is 1.91. The molecule has 1 aliphatic rings. The summed E-state index contributed by atoms with van der Waals surface area (Å²) in [6.45, 7) is 1.52. The minimum atomic E-state index is 0.176. The molecule has 1 aliphatic heterocycles. The first-order chi connectivity index (χ1) is 10.1. The summed E-state index contributed by atoms with van der Waals surface area (Å²) in [6, 6.07) is 0.453. The minimum absolute atomic E-state index is 0.176. The number of aromatic nitrogens is 5. The number of nitrogens with two attached hydrogens (primary N) is 1. The Hall–Kier alpha value is -1.93. The average molecular weight is 309 g/mol. The van der Waals surface area contributed by atoms with Crippen LogP contribution in [0.5, 0.6) is 0 Å². The SMILES string of the molecule is CN(C)[C@@H]1CN(c2ncnc(N)c2Cl)C[C@@H]1n1ccnn1. The largest absolute Gasteiger partial charge is 0.382 e. The Bertz CT molecular complexity index is 614. The Morgan fingerprint density at radius 2 is 2.14 bits per heavy atom. The minimum Gasteiger partial charge on any atom is -0.382 e. The van der Waals surface area contributed by atoms with Crippen LogP contribution in [0.25, 0.3) is 0 Å². The molecule has 3 heterocycles. The summed E-state index contributed by atoms with van der Waals surface area (Å²) in [6.07, 6.45) is 5.00. The molecular weight excluding hydrogens is 292 g/mol. The summed E-state index contributed by atoms with van der Waals surface area (Å²) >= 11 is 6.23. The molecule has 8 nitrogen and oxygen atoms in total. The fourth-order valence-electron chi connectivity index (χ4n) is 2.70. The van der Waals surface area contributed by atoms with Gasteiger partial charge < -0.3 is 15.5 Å². The first-order valence-corrected chi connectivity index (χ1v) is 6.99. The van der Waals surface area contributed by atoms with E-state index >= 15 is 0 Å². The van der Waals surface area contributed by atoms with Gasteiger partial charge in [-0.25, -0.2) is 14.6 Å². The zero-order valence-electron chi connectivity index (χ0n) is 11.9. The molecule has 2 atom stereocenters. The van der Waals surface area contributed by atoms with E-state index < -0.39 is 0 Å². The summed E-state index contributed by atoms with van der Waals surface area (Å²) in [7, 11) is 4.10. The van der Waals surface area contributed by atoms with Crippen molar-refractivity contribution in [2.75, 3.05) is 37.8 Å². The van der Waals surface area contributed by atoms with Gasteiger partial charge in [0, 0.05) is 19.3 Å². The molecular formula is C12H17ClN8. The van der Waals surface area contributed by atoms with Crippen LogP contribution in [0, 0.1) is 0 Å². The van der Waals surface area contributed by atoms with Crippen molar-refractivity contribution in [3.8, 4) is 0 Å². The third kappa shape index (κ3) is 2.52. The fraction of sp³-hybridized carbons (Fsp3) is 0.500. The molecule has 0 spiro atoms. The number of hydrogen-bond donors (Lipinski definition) is 1. The first-order valence-electron chi connectivity index (χ1n) is 6.61. The third-order valence-electron chi connectivity index (χ3n) is 3.80. The van der Waals surface area contributed by atoms with Gasteiger partial charge in [-0.3, -0.25) is 0 Å². The topological polar surface area (TPSA) is 89.0 Å². The lowest BCUT2D eigenvalue weighted by atomic mass is 10.1. The van der Waals surface area contributed by atoms with E-state index in [1.54, 1.807) is 6.20 Å². The molecule has 2 aromatic heterocycles. The summed E-state index contributed by atoms with van der Waals surface area (Å²) < 4.78 is 1.88. The molecule has 0 saturated carbocycles. The first kappa shape index (κ1) is 14.0. The van der Waals surface area contributed by atoms with Crippen molar-refractivity contribution < 1.29 is 0 Å². The second kappa shape index (κ2) is 5.45. The Kier molecular flexibility index (Phi) is 3.64. The molecule has 112 valence electrons. The predicted octanol–water partition coefficient (Wildman–Crippen LogP) is 0.295. The lowest BCUT2D eigenvalue weighted by Crippen LogP contribution is -2.36. The van der Waals surface area contributed by atoms with Gasteiger partial charge in [0.1, 0.15) is 17.2 Å². The maximum atomic E-state index is 6.23. The summed E-state index contributed by atoms with van der Waals surface area (Å²) in [5.74, 6) is 0.964. The maximum Gasteiger partial charge on any atom is 0.153 e. The summed E-state index contributed by atoms with van der Waals surface area (Å²) in [5, 5.41) is 8.41. The number of anilines is 2. The molecule has 1 saturated heterocycles. The molecule has 0 amide bonds. The monoisotopic (exact) mass is 308 g/mol. The van der Waals surface area contributed by atoms with Crippen molar-refractivity contribution >= 4 is 23.2 Å². The molecule has 0 aliphatic carbocycles. The van der Waals surface area contributed by atoms with Gasteiger partial charge in [0.25, 0.3) is 0 Å². The van der Waals surface area contributed by atoms with Gasteiger partial charge in [-0.15, -0.1) is 5.10 Å². The number of likely N-dealkylation sites (N-methyl/N-ethyl adjacent to an activating group) is 1. The van der Waals surface area contributed by atoms with Crippen molar-refractivity contribution in [2.45, 2.75) is 12.1 Å². The van der Waals surface area contributed by atoms with Gasteiger partial charge in [-0.2, -0.15) is 0 Å². The standard InChI is InChI=1S/C12H17ClN8/c1-19(2)8-5-20(6-9(8)21-4-3-17-18-21)12-10(13)11(14)15-7-16-12/h3-4,7-9H,5-6H2,1-2H3,(H2,14,15,16)/t8-,9+/m1/s1. The molecule has 2 N–H and O–H groups in total. The molecule has 0 radical (unpaired) electrons. The van der Waals surface area contributed by atoms with Crippen LogP contribution in [0.1, 0.15) is 6.04 Å². The molecule has 1 fully saturated rings. The van der Waals surface area contributed by atoms with Crippen molar-refractivity contribution in [2.24, 2.45) is 0 Å². The van der Waals surface area contributed by atoms with Crippen LogP contribution in [0.2, 0.25) is 5.02 Å². The predicted molar refractivity (Wildman–Crippen MR) is 80.2 cm³/mol. The van der Waals surface area contributed by atoms with Gasteiger partial charge in [-0.05, 0) is 14.1 Å². The Morgan fingerprint density at radius 1 is 1.33 bits per heavy atom. The van der Waals surface area contributed by atoms with E-state index in [0.29, 0.717) is 16.7 Å². The zero-order valence-corrected chi connectivity index (χ0v) is 12.6. The number of hydrogen-bond acceptors (Lipinski definition) is 7. The van der Waals surface area contributed by atoms with Gasteiger partial charge in [0.2, 0.25) is 0 Å². The number of nitrogen functional groups attached to an aromatic ring is 1. The van der Waals surface area contributed by atoms with E-state index in [2.05, 4.69) is 30.1 Å². The molecule has 0 bridgehead atoms. The van der Waals surface area contributed by atoms with Gasteiger partial charge in [0.05, 0.1) is 18.3 Å². The second-order valence-electron chi connectivity index (χ2n) is 5.28. The highest BCUT2D eigenvalue weighted by atomic mass is 35.5. The normalized spacial score (nSPS) is 22.2. The highest BCUT2D eigenvalue weighted by Crippen LogP contribution is 2.33. The zero-order chi connectivity index (χ0) is 15.0. The lowest BCUT2D eigenvalue weighted by Gasteiger charge is -2.24. The van der Waals surface area contributed by atoms with Crippen LogP contribution in [-0.2, 0) is 0 Å². The van der Waals surface area contributed by atoms with Gasteiger partial charge in [-0.1, -0.05) is 16.8 Å². The van der Waals surface area contributed by atoms with Crippen LogP contribution in [-0.4, -0.2) is 63.1 Å². The van der Waals surface area contributed by atoms with Crippen LogP contribution >= 0.6 is 11.6 Å². The number of nitrogens with zero attached hydrogens (tertiary/aromatic N) is 7. The highest BCUT2D eigenvalue weighted by Gasteiger charge is 2.37. The van der Waals surface area contributed by atoms with Crippen LogP contribution in [0.15, 0.2) is 18.7 Å². The Morgan fingerprint density at radius 3 is 2.81 bits per heavy atom. The van der Waals surface area contributed by atoms with Crippen LogP contribution < -0.4 is 10.6 Å². The quantitative estimate of drug-likeness (QED) is 0.872. The smallest absolute Gasteiger partial charge is 0.153 e. The summed E-state index contributed by atoms with van der Waals surface area (Å²) in [5.41, 5.74) is 5.76. The number of halogens is 1. The van der Waals surface area contributed by atoms with Crippen molar-refractivity contribution in [1.29, 1.82) is 0 Å². The maximum absolute atomic E-state index is 6.23. The lowest BCUT2D eigenvalue weighted by molar-refractivity contribution is 0.243. The average Bonchev–Trinajstić information content (AvgIpc) is 3.09. The molecule has 0 aromatic carbocycles. The van der Waals surface area contributed by atoms with Gasteiger partial charge >= 0.3 is 0 Å². The Labute approximate surface area is 127 Å². The van der Waals surface area contributed by atoms with Gasteiger partial charge in [0.15, 0.2) is 5.82 Å². The molecule has 9 heteroatoms. The number of rotatable bonds is 3. The molecule has 3 rings (SSSR count). The van der Waals surface area contributed by atoms with Crippen molar-refractivity contribution in [3.05, 3.63) is 23.7 Å². The van der Waals surface area contributed by atoms with E-state index in [0.717, 1.165) is 13.1 Å². The van der Waals surface area contributed by atoms with E-state index in [9.17, 15) is 0 Å². The summed E-state index contributed by atoms with van der Waals surface area (Å²) in [4.78, 5) is 12.5. The molecule has 2 aromatic rings. The molecule has 0 unspecified atom stereocenters. The third-order valence-corrected chi connectivity index (χ3v) is 4.16. The van der Waals surface area contributed by atoms with E-state index in [1.807, 2.05) is 25.0 Å². The van der Waals surface area contributed by atoms with Crippen molar-refractivity contribution in [3.63, 3.8) is 0 Å². The van der Waals surface area contributed by atoms with Crippen molar-refractivity contribution in [1.82, 2.24) is 29.9 Å². The van der Waals surface area contributed by atoms with Crippen LogP contribution in [0.4, 0.5) is 11.6 Å². The van der Waals surface area contributed by atoms with Crippen LogP contribution in [0.3, 0.4) is 0 Å². The second-order valence-corrected chi connectivity index (χ2v) is 5.66. The fourth-order valence-corrected chi connectivity index (χ4v) is 2.92. The highest BCUT2D eigenvalue weighted by molar-refractivity contribution is 6.35. The van der Waals surface area contributed by atoms with E-state index in [4.69, 9.17) is 17.3 Å². The molecule has 21 heavy (non-hydrogen) atoms. The van der Waals surface area contributed by atoms with E-state index in [-0.39, 0.29) is 12.1 Å².